The van der Waals surface area contributed by atoms with Gasteiger partial charge in [-0.1, -0.05) is 6.07 Å². The summed E-state index contributed by atoms with van der Waals surface area (Å²) in [4.78, 5) is 11.7. The molecule has 1 aliphatic rings. The molecule has 0 spiro atoms. The molecule has 4 nitrogen and oxygen atoms in total. The van der Waals surface area contributed by atoms with Crippen molar-refractivity contribution in [3.05, 3.63) is 28.2 Å². The Bertz CT molecular complexity index is 450. The molecule has 0 unspecified atom stereocenters. The number of esters is 1. The van der Waals surface area contributed by atoms with Crippen molar-refractivity contribution in [2.24, 2.45) is 5.92 Å². The molecule has 1 fully saturated rings. The molecule has 1 aliphatic heterocycles. The maximum absolute atomic E-state index is 11.7. The average Bonchev–Trinajstić information content (AvgIpc) is 2.86. The van der Waals surface area contributed by atoms with Crippen LogP contribution in [0.25, 0.3) is 0 Å². The van der Waals surface area contributed by atoms with Crippen LogP contribution in [0.1, 0.15) is 11.5 Å². The number of methoxy groups -OCH3 is 2. The van der Waals surface area contributed by atoms with Gasteiger partial charge in [0, 0.05) is 19.0 Å². The van der Waals surface area contributed by atoms with E-state index >= 15 is 0 Å². The lowest BCUT2D eigenvalue weighted by molar-refractivity contribution is -0.145. The number of halogens is 1. The average molecular weight is 314 g/mol. The van der Waals surface area contributed by atoms with Crippen LogP contribution in [0.3, 0.4) is 0 Å². The van der Waals surface area contributed by atoms with Crippen LogP contribution >= 0.6 is 15.9 Å². The van der Waals surface area contributed by atoms with Gasteiger partial charge in [0.2, 0.25) is 0 Å². The third-order valence-electron chi connectivity index (χ3n) is 3.32. The Labute approximate surface area is 115 Å². The molecule has 1 heterocycles. The Morgan fingerprint density at radius 1 is 1.39 bits per heavy atom. The van der Waals surface area contributed by atoms with Crippen molar-refractivity contribution in [2.45, 2.75) is 5.92 Å². The van der Waals surface area contributed by atoms with Crippen molar-refractivity contribution in [1.29, 1.82) is 0 Å². The van der Waals surface area contributed by atoms with Gasteiger partial charge in [-0.3, -0.25) is 4.79 Å². The summed E-state index contributed by atoms with van der Waals surface area (Å²) in [6, 6.07) is 5.91. The summed E-state index contributed by atoms with van der Waals surface area (Å²) in [5.41, 5.74) is 1.11. The van der Waals surface area contributed by atoms with E-state index < -0.39 is 0 Å². The summed E-state index contributed by atoms with van der Waals surface area (Å²) in [7, 11) is 3.07. The summed E-state index contributed by atoms with van der Waals surface area (Å²) in [6.45, 7) is 1.46. The molecule has 0 radical (unpaired) electrons. The fraction of sp³-hybridized carbons (Fsp3) is 0.462. The van der Waals surface area contributed by atoms with Crippen LogP contribution in [0.4, 0.5) is 0 Å². The first-order valence-electron chi connectivity index (χ1n) is 5.79. The summed E-state index contributed by atoms with van der Waals surface area (Å²) in [5.74, 6) is 0.672. The lowest BCUT2D eigenvalue weighted by Crippen LogP contribution is -2.22. The van der Waals surface area contributed by atoms with Gasteiger partial charge in [-0.05, 0) is 33.6 Å². The van der Waals surface area contributed by atoms with E-state index in [2.05, 4.69) is 21.2 Å². The molecule has 2 atom stereocenters. The monoisotopic (exact) mass is 313 g/mol. The zero-order valence-electron chi connectivity index (χ0n) is 10.4. The number of benzene rings is 1. The number of carbonyl (C=O) groups is 1. The summed E-state index contributed by atoms with van der Waals surface area (Å²) < 4.78 is 11.0. The molecule has 0 bridgehead atoms. The molecule has 5 heteroatoms. The highest BCUT2D eigenvalue weighted by Gasteiger charge is 2.34. The van der Waals surface area contributed by atoms with Gasteiger partial charge in [-0.2, -0.15) is 0 Å². The van der Waals surface area contributed by atoms with E-state index in [0.717, 1.165) is 22.3 Å². The first-order valence-corrected chi connectivity index (χ1v) is 6.58. The number of carbonyl (C=O) groups excluding carboxylic acids is 1. The van der Waals surface area contributed by atoms with Crippen molar-refractivity contribution in [2.75, 3.05) is 27.3 Å². The fourth-order valence-corrected chi connectivity index (χ4v) is 2.90. The highest BCUT2D eigenvalue weighted by molar-refractivity contribution is 9.10. The van der Waals surface area contributed by atoms with Gasteiger partial charge in [-0.15, -0.1) is 0 Å². The molecule has 0 aliphatic carbocycles. The second kappa shape index (κ2) is 5.71. The summed E-state index contributed by atoms with van der Waals surface area (Å²) in [6.07, 6.45) is 0. The van der Waals surface area contributed by atoms with Gasteiger partial charge < -0.3 is 14.8 Å². The third kappa shape index (κ3) is 2.52. The number of nitrogens with one attached hydrogen (secondary N) is 1. The van der Waals surface area contributed by atoms with Crippen molar-refractivity contribution in [1.82, 2.24) is 5.32 Å². The second-order valence-corrected chi connectivity index (χ2v) is 5.14. The SMILES string of the molecule is COC(=O)[C@@H]1CNC[C@H]1c1ccc(OC)c(Br)c1. The van der Waals surface area contributed by atoms with Crippen molar-refractivity contribution in [3.8, 4) is 5.75 Å². The predicted molar refractivity (Wildman–Crippen MR) is 71.8 cm³/mol. The maximum Gasteiger partial charge on any atom is 0.310 e. The molecule has 0 amide bonds. The van der Waals surface area contributed by atoms with Gasteiger partial charge >= 0.3 is 5.97 Å². The highest BCUT2D eigenvalue weighted by Crippen LogP contribution is 2.34. The first-order chi connectivity index (χ1) is 8.67. The minimum Gasteiger partial charge on any atom is -0.496 e. The van der Waals surface area contributed by atoms with E-state index in [1.165, 1.54) is 7.11 Å². The van der Waals surface area contributed by atoms with Crippen LogP contribution in [-0.4, -0.2) is 33.3 Å². The Morgan fingerprint density at radius 3 is 2.78 bits per heavy atom. The zero-order valence-corrected chi connectivity index (χ0v) is 12.0. The Hall–Kier alpha value is -1.07. The van der Waals surface area contributed by atoms with Crippen LogP contribution in [0.15, 0.2) is 22.7 Å². The number of ether oxygens (including phenoxy) is 2. The molecular formula is C13H16BrNO3. The van der Waals surface area contributed by atoms with Crippen LogP contribution in [-0.2, 0) is 9.53 Å². The Balaban J connectivity index is 2.25. The van der Waals surface area contributed by atoms with Crippen molar-refractivity contribution >= 4 is 21.9 Å². The summed E-state index contributed by atoms with van der Waals surface area (Å²) >= 11 is 3.47. The standard InChI is InChI=1S/C13H16BrNO3/c1-17-12-4-3-8(5-11(12)14)9-6-15-7-10(9)13(16)18-2/h3-5,9-10,15H,6-7H2,1-2H3/t9-,10+/m0/s1. The minimum absolute atomic E-state index is 0.115. The van der Waals surface area contributed by atoms with Crippen LogP contribution in [0.5, 0.6) is 5.75 Å². The maximum atomic E-state index is 11.7. The molecule has 98 valence electrons. The molecule has 1 aromatic rings. The molecular weight excluding hydrogens is 298 g/mol. The molecule has 0 aromatic heterocycles. The third-order valence-corrected chi connectivity index (χ3v) is 3.94. The Morgan fingerprint density at radius 2 is 2.17 bits per heavy atom. The molecule has 2 rings (SSSR count). The van der Waals surface area contributed by atoms with E-state index in [1.807, 2.05) is 18.2 Å². The fourth-order valence-electron chi connectivity index (χ4n) is 2.34. The van der Waals surface area contributed by atoms with Crippen molar-refractivity contribution in [3.63, 3.8) is 0 Å². The van der Waals surface area contributed by atoms with E-state index in [4.69, 9.17) is 9.47 Å². The van der Waals surface area contributed by atoms with E-state index in [1.54, 1.807) is 7.11 Å². The van der Waals surface area contributed by atoms with Gasteiger partial charge in [-0.25, -0.2) is 0 Å². The van der Waals surface area contributed by atoms with Gasteiger partial charge in [0.1, 0.15) is 5.75 Å². The van der Waals surface area contributed by atoms with E-state index in [-0.39, 0.29) is 17.8 Å². The Kier molecular flexibility index (Phi) is 4.24. The molecule has 1 N–H and O–H groups in total. The molecule has 0 saturated carbocycles. The number of rotatable bonds is 3. The largest absolute Gasteiger partial charge is 0.496 e. The van der Waals surface area contributed by atoms with Gasteiger partial charge in [0.15, 0.2) is 0 Å². The summed E-state index contributed by atoms with van der Waals surface area (Å²) in [5, 5.41) is 3.24. The lowest BCUT2D eigenvalue weighted by atomic mass is 9.89. The van der Waals surface area contributed by atoms with Crippen LogP contribution in [0.2, 0.25) is 0 Å². The quantitative estimate of drug-likeness (QED) is 0.866. The topological polar surface area (TPSA) is 47.6 Å². The second-order valence-electron chi connectivity index (χ2n) is 4.29. The van der Waals surface area contributed by atoms with Crippen molar-refractivity contribution < 1.29 is 14.3 Å². The zero-order chi connectivity index (χ0) is 13.1. The normalized spacial score (nSPS) is 22.8. The van der Waals surface area contributed by atoms with Crippen LogP contribution in [0, 0.1) is 5.92 Å². The molecule has 18 heavy (non-hydrogen) atoms. The number of hydrogen-bond donors (Lipinski definition) is 1. The van der Waals surface area contributed by atoms with Crippen LogP contribution < -0.4 is 10.1 Å². The highest BCUT2D eigenvalue weighted by atomic mass is 79.9. The first kappa shape index (κ1) is 13.4. The smallest absolute Gasteiger partial charge is 0.310 e. The molecule has 1 saturated heterocycles. The van der Waals surface area contributed by atoms with E-state index in [9.17, 15) is 4.79 Å². The van der Waals surface area contributed by atoms with Gasteiger partial charge in [0.25, 0.3) is 0 Å². The lowest BCUT2D eigenvalue weighted by Gasteiger charge is -2.17. The van der Waals surface area contributed by atoms with Gasteiger partial charge in [0.05, 0.1) is 24.6 Å². The van der Waals surface area contributed by atoms with E-state index in [0.29, 0.717) is 6.54 Å². The molecule has 1 aromatic carbocycles. The minimum atomic E-state index is -0.156. The number of hydrogen-bond acceptors (Lipinski definition) is 4. The predicted octanol–water partition coefficient (Wildman–Crippen LogP) is 1.93.